The molecule has 0 aliphatic rings. The number of aliphatic hydroxyl groups excluding tert-OH is 1. The first-order valence-corrected chi connectivity index (χ1v) is 24.7. The predicted octanol–water partition coefficient (Wildman–Crippen LogP) is -6.01. The Kier molecular flexibility index (Phi) is 33.2. The highest BCUT2D eigenvalue weighted by Crippen LogP contribution is 2.09. The number of amides is 10. The predicted molar refractivity (Wildman–Crippen MR) is 266 cm³/mol. The number of unbranched alkanes of at least 4 members (excludes halogenated alkanes) is 3. The van der Waals surface area contributed by atoms with Crippen molar-refractivity contribution in [3.8, 4) is 0 Å². The van der Waals surface area contributed by atoms with Gasteiger partial charge in [0.1, 0.15) is 42.3 Å². The Bertz CT molecular complexity index is 1890. The molecule has 10 atom stereocenters. The van der Waals surface area contributed by atoms with E-state index in [0.29, 0.717) is 32.1 Å². The third-order valence-electron chi connectivity index (χ3n) is 11.1. The zero-order valence-electron chi connectivity index (χ0n) is 43.0. The van der Waals surface area contributed by atoms with Crippen LogP contribution in [-0.4, -0.2) is 173 Å². The van der Waals surface area contributed by atoms with Crippen molar-refractivity contribution in [3.63, 3.8) is 0 Å². The van der Waals surface area contributed by atoms with Crippen molar-refractivity contribution >= 4 is 71.0 Å². The summed E-state index contributed by atoms with van der Waals surface area (Å²) in [6.07, 6.45) is -0.631. The third kappa shape index (κ3) is 28.0. The molecule has 0 saturated heterocycles. The number of carboxylic acids is 2. The fraction of sp³-hybridized carbons (Fsp3) is 0.733. The van der Waals surface area contributed by atoms with E-state index in [1.165, 1.54) is 13.8 Å². The quantitative estimate of drug-likeness (QED) is 0.0255. The zero-order valence-corrected chi connectivity index (χ0v) is 43.0. The number of hydrogen-bond donors (Lipinski definition) is 17. The molecule has 0 fully saturated rings. The summed E-state index contributed by atoms with van der Waals surface area (Å²) in [4.78, 5) is 154. The summed E-state index contributed by atoms with van der Waals surface area (Å²) < 4.78 is 0. The zero-order chi connectivity index (χ0) is 56.7. The molecule has 0 bridgehead atoms. The Morgan fingerprint density at radius 3 is 1.28 bits per heavy atom. The molecule has 0 saturated carbocycles. The maximum atomic E-state index is 13.7. The molecule has 29 nitrogen and oxygen atoms in total. The van der Waals surface area contributed by atoms with Crippen LogP contribution in [-0.2, 0) is 57.5 Å². The summed E-state index contributed by atoms with van der Waals surface area (Å²) in [6, 6.07) is -12.6. The fourth-order valence-electron chi connectivity index (χ4n) is 6.93. The molecule has 0 aromatic heterocycles. The molecule has 22 N–H and O–H groups in total. The van der Waals surface area contributed by atoms with Gasteiger partial charge in [0.2, 0.25) is 59.1 Å². The summed E-state index contributed by atoms with van der Waals surface area (Å²) in [5, 5.41) is 49.9. The van der Waals surface area contributed by atoms with Crippen LogP contribution in [0.4, 0.5) is 0 Å². The van der Waals surface area contributed by atoms with Crippen LogP contribution in [0.2, 0.25) is 0 Å². The molecule has 0 aromatic rings. The minimum atomic E-state index is -1.71. The number of carboxylic acid groups (broad SMARTS) is 2. The maximum absolute atomic E-state index is 13.7. The molecule has 29 heteroatoms. The molecular weight excluding hydrogens is 977 g/mol. The van der Waals surface area contributed by atoms with E-state index in [2.05, 4.69) is 47.9 Å². The van der Waals surface area contributed by atoms with Crippen molar-refractivity contribution < 1.29 is 72.9 Å². The monoisotopic (exact) mass is 1060 g/mol. The summed E-state index contributed by atoms with van der Waals surface area (Å²) in [5.41, 5.74) is 28.1. The van der Waals surface area contributed by atoms with Gasteiger partial charge in [0.25, 0.3) is 0 Å². The normalized spacial score (nSPS) is 15.1. The van der Waals surface area contributed by atoms with Gasteiger partial charge in [0.15, 0.2) is 6.04 Å². The number of rotatable bonds is 39. The number of hydrogen-bond acceptors (Lipinski definition) is 17. The molecule has 0 heterocycles. The second kappa shape index (κ2) is 36.4. The Hall–Kier alpha value is -6.56. The molecule has 0 aliphatic carbocycles. The average Bonchev–Trinajstić information content (AvgIpc) is 3.31. The second-order valence-corrected chi connectivity index (χ2v) is 18.3. The van der Waals surface area contributed by atoms with Gasteiger partial charge < -0.3 is 91.8 Å². The molecular formula is C45H82N14O15. The summed E-state index contributed by atoms with van der Waals surface area (Å²) in [7, 11) is 0. The van der Waals surface area contributed by atoms with Gasteiger partial charge >= 0.3 is 11.9 Å². The summed E-state index contributed by atoms with van der Waals surface area (Å²) in [5.74, 6) is -11.9. The number of carbonyl (C=O) groups excluding carboxylic acids is 10. The van der Waals surface area contributed by atoms with E-state index in [4.69, 9.17) is 28.7 Å². The highest BCUT2D eigenvalue weighted by molar-refractivity contribution is 5.99. The smallest absolute Gasteiger partial charge is 0.328 e. The Morgan fingerprint density at radius 2 is 0.865 bits per heavy atom. The topological polar surface area (TPSA) is 504 Å². The lowest BCUT2D eigenvalue weighted by Crippen LogP contribution is -2.59. The van der Waals surface area contributed by atoms with Crippen molar-refractivity contribution in [2.75, 3.05) is 26.2 Å². The molecule has 0 aromatic carbocycles. The molecule has 0 unspecified atom stereocenters. The third-order valence-corrected chi connectivity index (χ3v) is 11.1. The van der Waals surface area contributed by atoms with E-state index >= 15 is 0 Å². The molecule has 74 heavy (non-hydrogen) atoms. The lowest BCUT2D eigenvalue weighted by molar-refractivity contribution is -0.145. The van der Waals surface area contributed by atoms with Gasteiger partial charge in [-0.1, -0.05) is 13.8 Å². The van der Waals surface area contributed by atoms with Crippen LogP contribution in [0.15, 0.2) is 0 Å². The van der Waals surface area contributed by atoms with Crippen molar-refractivity contribution in [2.24, 2.45) is 34.6 Å². The number of nitrogens with two attached hydrogens (primary N) is 5. The molecule has 0 aliphatic heterocycles. The van der Waals surface area contributed by atoms with Crippen LogP contribution in [0, 0.1) is 5.92 Å². The Balaban J connectivity index is 6.03. The molecule has 0 radical (unpaired) electrons. The van der Waals surface area contributed by atoms with Gasteiger partial charge in [-0.05, 0) is 117 Å². The van der Waals surface area contributed by atoms with Gasteiger partial charge in [-0.3, -0.25) is 52.7 Å². The van der Waals surface area contributed by atoms with E-state index in [1.807, 2.05) is 13.8 Å². The fourth-order valence-corrected chi connectivity index (χ4v) is 6.93. The van der Waals surface area contributed by atoms with Crippen molar-refractivity contribution in [3.05, 3.63) is 0 Å². The van der Waals surface area contributed by atoms with Crippen LogP contribution < -0.4 is 76.5 Å². The number of nitrogens with one attached hydrogen (secondary N) is 9. The standard InChI is InChI=1S/C45H82N14O15/c1-23(2)20-27(49)39(67)56-31(15-16-35(63)64)42(70)57-28(12-6-9-17-46)40(68)51-22-34(62)52-24(3)37(65)54-29(13-7-10-18-47)41(69)58-32(21-33(50)61)44(72)53-25(4)38(66)55-30(14-8-11-19-48)43(71)59-36(26(5)60)45(73)74/h23-32,36,60H,6-22,46-49H2,1-5H3,(H2,50,61)(H,51,68)(H,52,62)(H,53,72)(H,54,65)(H,55,66)(H,56,67)(H,57,70)(H,58,69)(H,59,71)(H,63,64)(H,73,74)/t24-,25-,26+,27-,28-,29-,30-,31-,32-,36-/m0/s1. The second-order valence-electron chi connectivity index (χ2n) is 18.3. The van der Waals surface area contributed by atoms with E-state index in [9.17, 15) is 72.9 Å². The molecule has 0 spiro atoms. The number of carbonyl (C=O) groups is 12. The molecule has 10 amide bonds. The molecule has 0 rings (SSSR count). The van der Waals surface area contributed by atoms with Crippen molar-refractivity contribution in [1.29, 1.82) is 0 Å². The Morgan fingerprint density at radius 1 is 0.473 bits per heavy atom. The molecule has 422 valence electrons. The highest BCUT2D eigenvalue weighted by Gasteiger charge is 2.34. The van der Waals surface area contributed by atoms with Crippen LogP contribution >= 0.6 is 0 Å². The first-order chi connectivity index (χ1) is 34.7. The van der Waals surface area contributed by atoms with Crippen LogP contribution in [0.5, 0.6) is 0 Å². The van der Waals surface area contributed by atoms with Crippen LogP contribution in [0.1, 0.15) is 118 Å². The van der Waals surface area contributed by atoms with Crippen LogP contribution in [0.25, 0.3) is 0 Å². The summed E-state index contributed by atoms with van der Waals surface area (Å²) in [6.45, 7) is 7.28. The van der Waals surface area contributed by atoms with E-state index < -0.39 is 151 Å². The Labute approximate surface area is 430 Å². The van der Waals surface area contributed by atoms with Gasteiger partial charge in [0, 0.05) is 6.42 Å². The van der Waals surface area contributed by atoms with Crippen molar-refractivity contribution in [2.45, 2.75) is 179 Å². The lowest BCUT2D eigenvalue weighted by atomic mass is 10.0. The largest absolute Gasteiger partial charge is 0.481 e. The minimum Gasteiger partial charge on any atom is -0.481 e. The van der Waals surface area contributed by atoms with Gasteiger partial charge in [-0.15, -0.1) is 0 Å². The maximum Gasteiger partial charge on any atom is 0.328 e. The van der Waals surface area contributed by atoms with E-state index in [0.717, 1.165) is 6.92 Å². The first-order valence-electron chi connectivity index (χ1n) is 24.7. The van der Waals surface area contributed by atoms with Gasteiger partial charge in [0.05, 0.1) is 25.1 Å². The van der Waals surface area contributed by atoms with Crippen LogP contribution in [0.3, 0.4) is 0 Å². The van der Waals surface area contributed by atoms with Crippen molar-refractivity contribution in [1.82, 2.24) is 47.9 Å². The van der Waals surface area contributed by atoms with Gasteiger partial charge in [-0.2, -0.15) is 0 Å². The SMILES string of the molecule is CC(C)C[C@H](N)C(=O)N[C@@H](CCC(=O)O)C(=O)N[C@@H](CCCCN)C(=O)NCC(=O)N[C@@H](C)C(=O)N[C@@H](CCCCN)C(=O)N[C@@H](CC(N)=O)C(=O)N[C@@H](C)C(=O)N[C@@H](CCCCN)C(=O)N[C@H](C(=O)O)[C@@H](C)O. The number of aliphatic carboxylic acids is 2. The highest BCUT2D eigenvalue weighted by atomic mass is 16.4. The minimum absolute atomic E-state index is 0.00479. The number of aliphatic hydroxyl groups is 1. The lowest BCUT2D eigenvalue weighted by Gasteiger charge is -2.26. The van der Waals surface area contributed by atoms with Gasteiger partial charge in [-0.25, -0.2) is 4.79 Å². The first kappa shape index (κ1) is 67.4. The van der Waals surface area contributed by atoms with E-state index in [-0.39, 0.29) is 64.1 Å². The summed E-state index contributed by atoms with van der Waals surface area (Å²) >= 11 is 0. The van der Waals surface area contributed by atoms with E-state index in [1.54, 1.807) is 0 Å². The number of primary amides is 1. The average molecular weight is 1060 g/mol.